The van der Waals surface area contributed by atoms with Crippen molar-refractivity contribution in [3.8, 4) is 0 Å². The van der Waals surface area contributed by atoms with E-state index in [2.05, 4.69) is 15.9 Å². The van der Waals surface area contributed by atoms with Crippen LogP contribution in [-0.4, -0.2) is 8.76 Å². The van der Waals surface area contributed by atoms with Gasteiger partial charge in [-0.2, -0.15) is 0 Å². The lowest BCUT2D eigenvalue weighted by molar-refractivity contribution is 0.563. The van der Waals surface area contributed by atoms with Crippen LogP contribution in [0.25, 0.3) is 0 Å². The van der Waals surface area contributed by atoms with E-state index >= 15 is 0 Å². The Morgan fingerprint density at radius 1 is 1.58 bits per heavy atom. The van der Waals surface area contributed by atoms with E-state index in [1.54, 1.807) is 18.2 Å². The van der Waals surface area contributed by atoms with Gasteiger partial charge in [-0.05, 0) is 23.8 Å². The molecule has 0 saturated heterocycles. The minimum atomic E-state index is -1.82. The van der Waals surface area contributed by atoms with Gasteiger partial charge < -0.3 is 4.55 Å². The van der Waals surface area contributed by atoms with E-state index in [1.807, 2.05) is 0 Å². The summed E-state index contributed by atoms with van der Waals surface area (Å²) in [6.07, 6.45) is 0. The van der Waals surface area contributed by atoms with Crippen LogP contribution >= 0.6 is 27.5 Å². The van der Waals surface area contributed by atoms with Gasteiger partial charge in [0, 0.05) is 9.50 Å². The smallest absolute Gasteiger partial charge is 0.157 e. The minimum absolute atomic E-state index is 0.0984. The van der Waals surface area contributed by atoms with E-state index in [9.17, 15) is 4.21 Å². The molecule has 1 aromatic carbocycles. The number of halogens is 2. The van der Waals surface area contributed by atoms with Crippen molar-refractivity contribution in [2.45, 2.75) is 5.75 Å². The largest absolute Gasteiger partial charge is 0.306 e. The highest BCUT2D eigenvalue weighted by atomic mass is 79.9. The molecule has 1 atom stereocenters. The van der Waals surface area contributed by atoms with Gasteiger partial charge in [0.1, 0.15) is 0 Å². The maximum absolute atomic E-state index is 10.5. The molecule has 0 radical (unpaired) electrons. The maximum Gasteiger partial charge on any atom is 0.157 e. The fraction of sp³-hybridized carbons (Fsp3) is 0.143. The lowest BCUT2D eigenvalue weighted by atomic mass is 10.2. The summed E-state index contributed by atoms with van der Waals surface area (Å²) in [7, 11) is 0. The topological polar surface area (TPSA) is 37.3 Å². The van der Waals surface area contributed by atoms with Gasteiger partial charge in [-0.3, -0.25) is 0 Å². The predicted octanol–water partition coefficient (Wildman–Crippen LogP) is 2.82. The van der Waals surface area contributed by atoms with E-state index in [0.717, 1.165) is 10.0 Å². The average Bonchev–Trinajstić information content (AvgIpc) is 1.96. The lowest BCUT2D eigenvalue weighted by Crippen LogP contribution is -1.93. The van der Waals surface area contributed by atoms with Crippen molar-refractivity contribution in [3.05, 3.63) is 33.3 Å². The van der Waals surface area contributed by atoms with Crippen LogP contribution in [-0.2, 0) is 16.8 Å². The lowest BCUT2D eigenvalue weighted by Gasteiger charge is -2.01. The van der Waals surface area contributed by atoms with Gasteiger partial charge in [0.05, 0.1) is 5.75 Å². The minimum Gasteiger partial charge on any atom is -0.306 e. The summed E-state index contributed by atoms with van der Waals surface area (Å²) in [5.41, 5.74) is 0.739. The zero-order valence-electron chi connectivity index (χ0n) is 5.96. The second kappa shape index (κ2) is 4.37. The molecule has 0 aliphatic rings. The Labute approximate surface area is 86.3 Å². The molecule has 1 rings (SSSR count). The molecule has 12 heavy (non-hydrogen) atoms. The van der Waals surface area contributed by atoms with Gasteiger partial charge in [-0.25, -0.2) is 4.21 Å². The van der Waals surface area contributed by atoms with Gasteiger partial charge >= 0.3 is 0 Å². The molecule has 0 bridgehead atoms. The summed E-state index contributed by atoms with van der Waals surface area (Å²) in [6.45, 7) is 0. The molecule has 0 fully saturated rings. The van der Waals surface area contributed by atoms with Crippen LogP contribution in [0.2, 0.25) is 5.02 Å². The van der Waals surface area contributed by atoms with Gasteiger partial charge in [0.15, 0.2) is 11.1 Å². The first-order valence-electron chi connectivity index (χ1n) is 3.11. The SMILES string of the molecule is O=S(O)Cc1cc(Cl)ccc1Br. The van der Waals surface area contributed by atoms with Crippen molar-refractivity contribution < 1.29 is 8.76 Å². The van der Waals surface area contributed by atoms with Crippen molar-refractivity contribution >= 4 is 38.6 Å². The molecule has 0 heterocycles. The molecule has 0 aliphatic heterocycles. The number of hydrogen-bond donors (Lipinski definition) is 1. The highest BCUT2D eigenvalue weighted by Crippen LogP contribution is 2.21. The summed E-state index contributed by atoms with van der Waals surface area (Å²) in [5, 5.41) is 0.568. The predicted molar refractivity (Wildman–Crippen MR) is 53.6 cm³/mol. The van der Waals surface area contributed by atoms with E-state index in [1.165, 1.54) is 0 Å². The van der Waals surface area contributed by atoms with Gasteiger partial charge in [-0.1, -0.05) is 27.5 Å². The van der Waals surface area contributed by atoms with Crippen LogP contribution < -0.4 is 0 Å². The summed E-state index contributed by atoms with van der Waals surface area (Å²) >= 11 is 7.13. The normalized spacial score (nSPS) is 12.9. The molecule has 0 saturated carbocycles. The van der Waals surface area contributed by atoms with Crippen molar-refractivity contribution in [3.63, 3.8) is 0 Å². The van der Waals surface area contributed by atoms with Crippen molar-refractivity contribution in [1.82, 2.24) is 0 Å². The molecule has 5 heteroatoms. The number of hydrogen-bond acceptors (Lipinski definition) is 1. The van der Waals surface area contributed by atoms with Gasteiger partial charge in [0.25, 0.3) is 0 Å². The fourth-order valence-electron chi connectivity index (χ4n) is 0.787. The average molecular weight is 270 g/mol. The van der Waals surface area contributed by atoms with Crippen LogP contribution in [0.5, 0.6) is 0 Å². The molecule has 1 N–H and O–H groups in total. The molecule has 2 nitrogen and oxygen atoms in total. The van der Waals surface area contributed by atoms with E-state index in [4.69, 9.17) is 16.2 Å². The molecule has 66 valence electrons. The quantitative estimate of drug-likeness (QED) is 0.838. The van der Waals surface area contributed by atoms with Crippen molar-refractivity contribution in [2.75, 3.05) is 0 Å². The zero-order valence-corrected chi connectivity index (χ0v) is 9.12. The first-order chi connectivity index (χ1) is 5.59. The third-order valence-corrected chi connectivity index (χ3v) is 2.85. The Morgan fingerprint density at radius 2 is 2.25 bits per heavy atom. The summed E-state index contributed by atoms with van der Waals surface area (Å²) in [5.74, 6) is 0.0984. The third-order valence-electron chi connectivity index (χ3n) is 1.29. The van der Waals surface area contributed by atoms with E-state index < -0.39 is 11.1 Å². The molecule has 1 unspecified atom stereocenters. The fourth-order valence-corrected chi connectivity index (χ4v) is 2.06. The van der Waals surface area contributed by atoms with Crippen LogP contribution in [0.3, 0.4) is 0 Å². The van der Waals surface area contributed by atoms with E-state index in [-0.39, 0.29) is 5.75 Å². The first kappa shape index (κ1) is 10.2. The Bertz CT molecular complexity index is 316. The molecule has 0 amide bonds. The Balaban J connectivity index is 2.97. The summed E-state index contributed by atoms with van der Waals surface area (Å²) < 4.78 is 19.9. The Morgan fingerprint density at radius 3 is 2.83 bits per heavy atom. The second-order valence-electron chi connectivity index (χ2n) is 2.20. The first-order valence-corrected chi connectivity index (χ1v) is 5.55. The van der Waals surface area contributed by atoms with Crippen LogP contribution in [0, 0.1) is 0 Å². The molecule has 0 spiro atoms. The second-order valence-corrected chi connectivity index (χ2v) is 4.42. The van der Waals surface area contributed by atoms with E-state index in [0.29, 0.717) is 5.02 Å². The maximum atomic E-state index is 10.5. The van der Waals surface area contributed by atoms with Crippen LogP contribution in [0.15, 0.2) is 22.7 Å². The molecular formula is C7H6BrClO2S. The van der Waals surface area contributed by atoms with Crippen molar-refractivity contribution in [2.24, 2.45) is 0 Å². The monoisotopic (exact) mass is 268 g/mol. The molecule has 0 aromatic heterocycles. The number of benzene rings is 1. The molecular weight excluding hydrogens is 263 g/mol. The van der Waals surface area contributed by atoms with Gasteiger partial charge in [-0.15, -0.1) is 0 Å². The van der Waals surface area contributed by atoms with Crippen LogP contribution in [0.4, 0.5) is 0 Å². The zero-order chi connectivity index (χ0) is 9.14. The Kier molecular flexibility index (Phi) is 3.71. The van der Waals surface area contributed by atoms with Gasteiger partial charge in [0.2, 0.25) is 0 Å². The van der Waals surface area contributed by atoms with Crippen molar-refractivity contribution in [1.29, 1.82) is 0 Å². The Hall–Kier alpha value is 0.1000. The number of rotatable bonds is 2. The highest BCUT2D eigenvalue weighted by molar-refractivity contribution is 9.10. The standard InChI is InChI=1S/C7H6BrClO2S/c8-7-2-1-6(9)3-5(7)4-12(10)11/h1-3H,4H2,(H,10,11). The third kappa shape index (κ3) is 2.86. The highest BCUT2D eigenvalue weighted by Gasteiger charge is 2.03. The molecule has 1 aromatic rings. The summed E-state index contributed by atoms with van der Waals surface area (Å²) in [6, 6.07) is 5.14. The van der Waals surface area contributed by atoms with Crippen LogP contribution in [0.1, 0.15) is 5.56 Å². The summed E-state index contributed by atoms with van der Waals surface area (Å²) in [4.78, 5) is 0. The molecule has 0 aliphatic carbocycles.